The van der Waals surface area contributed by atoms with Gasteiger partial charge in [-0.15, -0.1) is 0 Å². The van der Waals surface area contributed by atoms with Gasteiger partial charge in [0.2, 0.25) is 0 Å². The first-order chi connectivity index (χ1) is 13.0. The van der Waals surface area contributed by atoms with Crippen molar-refractivity contribution in [2.24, 2.45) is 0 Å². The lowest BCUT2D eigenvalue weighted by molar-refractivity contribution is 0.0695. The van der Waals surface area contributed by atoms with Crippen molar-refractivity contribution in [2.45, 2.75) is 38.8 Å². The van der Waals surface area contributed by atoms with Crippen molar-refractivity contribution in [2.75, 3.05) is 0 Å². The van der Waals surface area contributed by atoms with Gasteiger partial charge < -0.3 is 14.2 Å². The second-order valence-corrected chi connectivity index (χ2v) is 7.54. The van der Waals surface area contributed by atoms with Crippen molar-refractivity contribution in [3.05, 3.63) is 87.4 Å². The van der Waals surface area contributed by atoms with Crippen LogP contribution in [-0.2, 0) is 19.4 Å². The average molecular weight is 378 g/mol. The highest BCUT2D eigenvalue weighted by Gasteiger charge is 2.22. The van der Waals surface area contributed by atoms with E-state index in [9.17, 15) is 9.90 Å². The van der Waals surface area contributed by atoms with Crippen molar-refractivity contribution in [3.8, 4) is 0 Å². The number of nitrogens with zero attached hydrogens (tertiary/aromatic N) is 2. The number of aryl methyl sites for hydroxylation is 2. The Morgan fingerprint density at radius 2 is 1.85 bits per heavy atom. The summed E-state index contributed by atoms with van der Waals surface area (Å²) in [5, 5.41) is 9.44. The van der Waals surface area contributed by atoms with E-state index in [1.807, 2.05) is 23.6 Å². The fraction of sp³-hybridized carbons (Fsp3) is 0.273. The summed E-state index contributed by atoms with van der Waals surface area (Å²) in [6.45, 7) is 2.51. The predicted molar refractivity (Wildman–Crippen MR) is 108 cm³/mol. The number of imidazole rings is 1. The van der Waals surface area contributed by atoms with E-state index in [1.54, 1.807) is 12.1 Å². The molecule has 0 amide bonds. The molecule has 2 aromatic carbocycles. The number of aromatic carboxylic acids is 1. The maximum atomic E-state index is 11.5. The minimum atomic E-state index is -0.905. The molecule has 138 valence electrons. The topological polar surface area (TPSA) is 47.2 Å². The summed E-state index contributed by atoms with van der Waals surface area (Å²) in [4.78, 5) is 11.5. The van der Waals surface area contributed by atoms with Gasteiger partial charge in [0, 0.05) is 17.9 Å². The van der Waals surface area contributed by atoms with Gasteiger partial charge in [0.05, 0.1) is 12.1 Å². The summed E-state index contributed by atoms with van der Waals surface area (Å²) >= 11 is 5.78. The van der Waals surface area contributed by atoms with Crippen molar-refractivity contribution in [3.63, 3.8) is 0 Å². The van der Waals surface area contributed by atoms with Gasteiger partial charge in [-0.2, -0.15) is 0 Å². The molecule has 0 radical (unpaired) electrons. The Morgan fingerprint density at radius 1 is 1.15 bits per heavy atom. The quantitative estimate of drug-likeness (QED) is 0.663. The van der Waals surface area contributed by atoms with Crippen LogP contribution < -0.4 is 0 Å². The van der Waals surface area contributed by atoms with Gasteiger partial charge in [-0.1, -0.05) is 42.5 Å². The minimum Gasteiger partial charge on any atom is -0.478 e. The predicted octanol–water partition coefficient (Wildman–Crippen LogP) is 4.80. The van der Waals surface area contributed by atoms with Gasteiger partial charge in [-0.3, -0.25) is 0 Å². The number of hydrogen-bond acceptors (Lipinski definition) is 2. The third-order valence-electron chi connectivity index (χ3n) is 5.49. The molecule has 4 rings (SSSR count). The summed E-state index contributed by atoms with van der Waals surface area (Å²) in [5.74, 6) is -0.905. The molecule has 0 saturated carbocycles. The van der Waals surface area contributed by atoms with Crippen LogP contribution in [0, 0.1) is 11.7 Å². The molecular weight excluding hydrogens is 356 g/mol. The van der Waals surface area contributed by atoms with Gasteiger partial charge in [0.25, 0.3) is 0 Å². The maximum Gasteiger partial charge on any atom is 0.336 e. The number of carboxylic acids is 1. The van der Waals surface area contributed by atoms with Crippen LogP contribution in [0.25, 0.3) is 0 Å². The van der Waals surface area contributed by atoms with Crippen molar-refractivity contribution >= 4 is 18.2 Å². The number of fused-ring (bicyclic) bond motifs is 1. The zero-order valence-corrected chi connectivity index (χ0v) is 16.1. The Morgan fingerprint density at radius 3 is 2.63 bits per heavy atom. The van der Waals surface area contributed by atoms with Crippen LogP contribution >= 0.6 is 12.2 Å². The molecule has 0 bridgehead atoms. The van der Waals surface area contributed by atoms with Crippen LogP contribution in [0.4, 0.5) is 0 Å². The first-order valence-electron chi connectivity index (χ1n) is 9.21. The third-order valence-corrected chi connectivity index (χ3v) is 5.93. The van der Waals surface area contributed by atoms with Gasteiger partial charge >= 0.3 is 5.97 Å². The van der Waals surface area contributed by atoms with E-state index in [-0.39, 0.29) is 0 Å². The summed E-state index contributed by atoms with van der Waals surface area (Å²) in [5.41, 5.74) is 5.00. The van der Waals surface area contributed by atoms with E-state index in [4.69, 9.17) is 12.2 Å². The molecule has 1 atom stereocenters. The summed E-state index contributed by atoms with van der Waals surface area (Å²) in [7, 11) is 0. The van der Waals surface area contributed by atoms with E-state index in [2.05, 4.69) is 35.0 Å². The summed E-state index contributed by atoms with van der Waals surface area (Å²) < 4.78 is 5.00. The first-order valence-corrected chi connectivity index (χ1v) is 9.61. The lowest BCUT2D eigenvalue weighted by Gasteiger charge is -2.25. The highest BCUT2D eigenvalue weighted by atomic mass is 32.1. The van der Waals surface area contributed by atoms with Crippen molar-refractivity contribution in [1.29, 1.82) is 0 Å². The fourth-order valence-corrected chi connectivity index (χ4v) is 4.43. The molecule has 1 unspecified atom stereocenters. The number of carboxylic acid groups (broad SMARTS) is 1. The highest BCUT2D eigenvalue weighted by molar-refractivity contribution is 7.71. The van der Waals surface area contributed by atoms with Crippen LogP contribution in [-0.4, -0.2) is 20.2 Å². The second kappa shape index (κ2) is 7.16. The van der Waals surface area contributed by atoms with Crippen LogP contribution in [0.5, 0.6) is 0 Å². The number of carbonyl (C=O) groups is 1. The Hall–Kier alpha value is -2.66. The molecule has 0 spiro atoms. The van der Waals surface area contributed by atoms with Crippen molar-refractivity contribution in [1.82, 2.24) is 9.13 Å². The minimum absolute atomic E-state index is 0.332. The van der Waals surface area contributed by atoms with E-state index in [1.165, 1.54) is 11.1 Å². The van der Waals surface area contributed by atoms with Gasteiger partial charge in [0.1, 0.15) is 0 Å². The Bertz CT molecular complexity index is 1060. The summed E-state index contributed by atoms with van der Waals surface area (Å²) in [6.07, 6.45) is 5.24. The van der Waals surface area contributed by atoms with Gasteiger partial charge in [-0.05, 0) is 61.2 Å². The lowest BCUT2D eigenvalue weighted by Crippen LogP contribution is -2.18. The molecule has 5 heteroatoms. The number of hydrogen-bond donors (Lipinski definition) is 1. The Balaban J connectivity index is 1.66. The molecule has 4 nitrogen and oxygen atoms in total. The highest BCUT2D eigenvalue weighted by Crippen LogP contribution is 2.30. The zero-order chi connectivity index (χ0) is 19.0. The Kier molecular flexibility index (Phi) is 4.70. The van der Waals surface area contributed by atoms with Crippen LogP contribution in [0.3, 0.4) is 0 Å². The van der Waals surface area contributed by atoms with Gasteiger partial charge in [-0.25, -0.2) is 4.79 Å². The van der Waals surface area contributed by atoms with E-state index in [0.717, 1.165) is 35.3 Å². The lowest BCUT2D eigenvalue weighted by atomic mass is 9.88. The number of aromatic nitrogens is 2. The van der Waals surface area contributed by atoms with Crippen molar-refractivity contribution < 1.29 is 9.90 Å². The second-order valence-electron chi connectivity index (χ2n) is 7.17. The molecule has 0 aliphatic heterocycles. The molecule has 0 fully saturated rings. The molecule has 0 saturated heterocycles. The van der Waals surface area contributed by atoms with Crippen LogP contribution in [0.2, 0.25) is 0 Å². The van der Waals surface area contributed by atoms with Gasteiger partial charge in [0.15, 0.2) is 4.77 Å². The fourth-order valence-electron chi connectivity index (χ4n) is 4.02. The van der Waals surface area contributed by atoms with Crippen LogP contribution in [0.1, 0.15) is 45.2 Å². The third kappa shape index (κ3) is 3.35. The van der Waals surface area contributed by atoms with E-state index >= 15 is 0 Å². The molecule has 27 heavy (non-hydrogen) atoms. The Labute approximate surface area is 163 Å². The molecule has 1 aromatic heterocycles. The SMILES string of the molecule is Cc1cn(C2CCc3ccccc3C2)c(=S)n1Cc1ccccc1C(=O)O. The molecule has 1 aliphatic rings. The number of rotatable bonds is 4. The molecule has 3 aromatic rings. The molecule has 1 aliphatic carbocycles. The standard InChI is InChI=1S/C22H22N2O2S/c1-15-13-24(19-11-10-16-6-2-3-7-17(16)12-19)22(27)23(15)14-18-8-4-5-9-20(18)21(25)26/h2-9,13,19H,10-12,14H2,1H3,(H,25,26). The normalized spacial score (nSPS) is 16.1. The molecule has 1 heterocycles. The number of benzene rings is 2. The zero-order valence-electron chi connectivity index (χ0n) is 15.3. The first kappa shape index (κ1) is 17.7. The molecule has 1 N–H and O–H groups in total. The largest absolute Gasteiger partial charge is 0.478 e. The summed E-state index contributed by atoms with van der Waals surface area (Å²) in [6, 6.07) is 16.1. The average Bonchev–Trinajstić information content (AvgIpc) is 2.96. The van der Waals surface area contributed by atoms with Crippen LogP contribution in [0.15, 0.2) is 54.7 Å². The maximum absolute atomic E-state index is 11.5. The molecular formula is C22H22N2O2S. The smallest absolute Gasteiger partial charge is 0.336 e. The monoisotopic (exact) mass is 378 g/mol. The van der Waals surface area contributed by atoms with E-state index < -0.39 is 5.97 Å². The van der Waals surface area contributed by atoms with E-state index in [0.29, 0.717) is 18.2 Å².